The largest absolute Gasteiger partial charge is 0.466 e. The molecule has 3 rings (SSSR count). The standard InChI is InChI=1S/C25H24N2O6/c1-16-21(24(28)32-3)23(19-12-7-13-20(15-19)27(30)31)22(17(2)26-16)25(29)33-14-8-11-18-9-5-4-6-10-18/h4-13,15,23,26H,14H2,1-3H3/b11-8+. The van der Waals surface area contributed by atoms with Gasteiger partial charge in [0.15, 0.2) is 0 Å². The summed E-state index contributed by atoms with van der Waals surface area (Å²) in [6.07, 6.45) is 3.54. The summed E-state index contributed by atoms with van der Waals surface area (Å²) >= 11 is 0. The highest BCUT2D eigenvalue weighted by molar-refractivity contribution is 6.00. The Morgan fingerprint density at radius 2 is 1.70 bits per heavy atom. The summed E-state index contributed by atoms with van der Waals surface area (Å²) < 4.78 is 10.4. The van der Waals surface area contributed by atoms with Gasteiger partial charge in [0.2, 0.25) is 0 Å². The van der Waals surface area contributed by atoms with Crippen LogP contribution >= 0.6 is 0 Å². The molecule has 0 saturated carbocycles. The molecule has 0 bridgehead atoms. The molecule has 2 aromatic carbocycles. The van der Waals surface area contributed by atoms with Crippen molar-refractivity contribution >= 4 is 23.7 Å². The van der Waals surface area contributed by atoms with E-state index in [9.17, 15) is 19.7 Å². The third-order valence-electron chi connectivity index (χ3n) is 5.22. The Balaban J connectivity index is 1.95. The van der Waals surface area contributed by atoms with E-state index >= 15 is 0 Å². The zero-order valence-corrected chi connectivity index (χ0v) is 18.5. The minimum absolute atomic E-state index is 0.0163. The van der Waals surface area contributed by atoms with Crippen LogP contribution in [-0.4, -0.2) is 30.6 Å². The molecule has 0 amide bonds. The number of nitro groups is 1. The van der Waals surface area contributed by atoms with Crippen LogP contribution in [0.2, 0.25) is 0 Å². The second-order valence-electron chi connectivity index (χ2n) is 7.39. The molecule has 0 saturated heterocycles. The fourth-order valence-corrected chi connectivity index (χ4v) is 3.75. The van der Waals surface area contributed by atoms with Crippen LogP contribution in [0.1, 0.15) is 30.9 Å². The monoisotopic (exact) mass is 448 g/mol. The SMILES string of the molecule is COC(=O)C1=C(C)NC(C)=C(C(=O)OC/C=C/c2ccccc2)C1c1cccc([N+](=O)[O-])c1. The molecule has 2 aromatic rings. The van der Waals surface area contributed by atoms with E-state index in [1.165, 1.54) is 25.3 Å². The molecule has 0 aromatic heterocycles. The highest BCUT2D eigenvalue weighted by Gasteiger charge is 2.38. The fourth-order valence-electron chi connectivity index (χ4n) is 3.75. The molecule has 1 N–H and O–H groups in total. The van der Waals surface area contributed by atoms with Crippen molar-refractivity contribution in [2.24, 2.45) is 0 Å². The van der Waals surface area contributed by atoms with Crippen LogP contribution in [-0.2, 0) is 19.1 Å². The summed E-state index contributed by atoms with van der Waals surface area (Å²) in [6.45, 7) is 3.39. The average Bonchev–Trinajstić information content (AvgIpc) is 2.81. The van der Waals surface area contributed by atoms with Gasteiger partial charge in [0.1, 0.15) is 6.61 Å². The number of methoxy groups -OCH3 is 1. The molecular formula is C25H24N2O6. The number of hydrogen-bond acceptors (Lipinski definition) is 7. The van der Waals surface area contributed by atoms with Gasteiger partial charge in [0.05, 0.1) is 29.1 Å². The molecule has 1 unspecified atom stereocenters. The van der Waals surface area contributed by atoms with E-state index in [2.05, 4.69) is 5.32 Å². The molecule has 1 heterocycles. The smallest absolute Gasteiger partial charge is 0.337 e. The first-order valence-electron chi connectivity index (χ1n) is 10.2. The van der Waals surface area contributed by atoms with Gasteiger partial charge in [-0.05, 0) is 31.1 Å². The molecule has 170 valence electrons. The van der Waals surface area contributed by atoms with Gasteiger partial charge in [0.25, 0.3) is 5.69 Å². The molecule has 0 radical (unpaired) electrons. The van der Waals surface area contributed by atoms with E-state index in [1.54, 1.807) is 26.0 Å². The van der Waals surface area contributed by atoms with Crippen LogP contribution in [0, 0.1) is 10.1 Å². The third-order valence-corrected chi connectivity index (χ3v) is 5.22. The number of nitrogens with zero attached hydrogens (tertiary/aromatic N) is 1. The van der Waals surface area contributed by atoms with Gasteiger partial charge >= 0.3 is 11.9 Å². The molecule has 1 aliphatic rings. The predicted molar refractivity (Wildman–Crippen MR) is 123 cm³/mol. The van der Waals surface area contributed by atoms with Crippen LogP contribution in [0.4, 0.5) is 5.69 Å². The number of non-ortho nitro benzene ring substituents is 1. The molecular weight excluding hydrogens is 424 g/mol. The van der Waals surface area contributed by atoms with Crippen LogP contribution in [0.3, 0.4) is 0 Å². The maximum absolute atomic E-state index is 13.1. The number of benzene rings is 2. The molecule has 1 aliphatic heterocycles. The van der Waals surface area contributed by atoms with Crippen molar-refractivity contribution < 1.29 is 24.0 Å². The first-order chi connectivity index (χ1) is 15.8. The maximum atomic E-state index is 13.1. The van der Waals surface area contributed by atoms with Crippen molar-refractivity contribution in [1.29, 1.82) is 0 Å². The molecule has 0 aliphatic carbocycles. The van der Waals surface area contributed by atoms with Crippen molar-refractivity contribution in [2.45, 2.75) is 19.8 Å². The Labute approximate surface area is 191 Å². The minimum Gasteiger partial charge on any atom is -0.466 e. The van der Waals surface area contributed by atoms with Gasteiger partial charge in [-0.2, -0.15) is 0 Å². The summed E-state index contributed by atoms with van der Waals surface area (Å²) in [4.78, 5) is 36.6. The van der Waals surface area contributed by atoms with E-state index in [0.717, 1.165) is 5.56 Å². The maximum Gasteiger partial charge on any atom is 0.337 e. The fraction of sp³-hybridized carbons (Fsp3) is 0.200. The number of carbonyl (C=O) groups is 2. The highest BCUT2D eigenvalue weighted by Crippen LogP contribution is 2.40. The third kappa shape index (κ3) is 5.35. The van der Waals surface area contributed by atoms with E-state index in [1.807, 2.05) is 36.4 Å². The minimum atomic E-state index is -0.885. The first kappa shape index (κ1) is 23.5. The van der Waals surface area contributed by atoms with E-state index in [-0.39, 0.29) is 23.4 Å². The van der Waals surface area contributed by atoms with Crippen molar-refractivity contribution in [3.05, 3.63) is 104 Å². The molecule has 1 atom stereocenters. The number of allylic oxidation sites excluding steroid dienone is 2. The van der Waals surface area contributed by atoms with Gasteiger partial charge in [-0.3, -0.25) is 10.1 Å². The Hall–Kier alpha value is -4.20. The summed E-state index contributed by atoms with van der Waals surface area (Å²) in [6, 6.07) is 15.4. The number of esters is 2. The summed E-state index contributed by atoms with van der Waals surface area (Å²) in [7, 11) is 1.24. The zero-order chi connectivity index (χ0) is 24.0. The number of rotatable bonds is 7. The molecule has 33 heavy (non-hydrogen) atoms. The summed E-state index contributed by atoms with van der Waals surface area (Å²) in [5, 5.41) is 14.4. The van der Waals surface area contributed by atoms with E-state index in [4.69, 9.17) is 9.47 Å². The molecule has 0 fully saturated rings. The second-order valence-corrected chi connectivity index (χ2v) is 7.39. The van der Waals surface area contributed by atoms with Gasteiger partial charge in [-0.15, -0.1) is 0 Å². The topological polar surface area (TPSA) is 108 Å². The number of nitrogens with one attached hydrogen (secondary N) is 1. The van der Waals surface area contributed by atoms with Gasteiger partial charge < -0.3 is 14.8 Å². The number of dihydropyridines is 1. The molecule has 8 heteroatoms. The lowest BCUT2D eigenvalue weighted by Crippen LogP contribution is -2.32. The molecule has 8 nitrogen and oxygen atoms in total. The Kier molecular flexibility index (Phi) is 7.40. The van der Waals surface area contributed by atoms with Crippen molar-refractivity contribution in [2.75, 3.05) is 13.7 Å². The zero-order valence-electron chi connectivity index (χ0n) is 18.5. The van der Waals surface area contributed by atoms with Crippen molar-refractivity contribution in [1.82, 2.24) is 5.32 Å². The van der Waals surface area contributed by atoms with Gasteiger partial charge in [-0.1, -0.05) is 48.5 Å². The number of carbonyl (C=O) groups excluding carboxylic acids is 2. The van der Waals surface area contributed by atoms with Crippen LogP contribution < -0.4 is 5.32 Å². The van der Waals surface area contributed by atoms with Crippen LogP contribution in [0.5, 0.6) is 0 Å². The summed E-state index contributed by atoms with van der Waals surface area (Å²) in [5.41, 5.74) is 2.60. The first-order valence-corrected chi connectivity index (χ1v) is 10.2. The van der Waals surface area contributed by atoms with Gasteiger partial charge in [-0.25, -0.2) is 9.59 Å². The normalized spacial score (nSPS) is 15.9. The van der Waals surface area contributed by atoms with Crippen LogP contribution in [0.25, 0.3) is 6.08 Å². The van der Waals surface area contributed by atoms with Crippen molar-refractivity contribution in [3.63, 3.8) is 0 Å². The Morgan fingerprint density at radius 1 is 1.03 bits per heavy atom. The Morgan fingerprint density at radius 3 is 2.33 bits per heavy atom. The number of ether oxygens (including phenoxy) is 2. The average molecular weight is 448 g/mol. The van der Waals surface area contributed by atoms with Crippen LogP contribution in [0.15, 0.2) is 83.2 Å². The second kappa shape index (κ2) is 10.4. The predicted octanol–water partition coefficient (Wildman–Crippen LogP) is 4.26. The highest BCUT2D eigenvalue weighted by atomic mass is 16.6. The lowest BCUT2D eigenvalue weighted by molar-refractivity contribution is -0.384. The number of nitro benzene ring substituents is 1. The quantitative estimate of drug-likeness (QED) is 0.383. The lowest BCUT2D eigenvalue weighted by Gasteiger charge is -2.30. The van der Waals surface area contributed by atoms with E-state index in [0.29, 0.717) is 17.0 Å². The Bertz CT molecular complexity index is 1160. The van der Waals surface area contributed by atoms with E-state index < -0.39 is 22.8 Å². The molecule has 0 spiro atoms. The lowest BCUT2D eigenvalue weighted by atomic mass is 9.80. The number of hydrogen-bond donors (Lipinski definition) is 1. The van der Waals surface area contributed by atoms with Gasteiger partial charge in [0, 0.05) is 23.5 Å². The van der Waals surface area contributed by atoms with Crippen molar-refractivity contribution in [3.8, 4) is 0 Å². The summed E-state index contributed by atoms with van der Waals surface area (Å²) in [5.74, 6) is -2.16.